The second-order valence-corrected chi connectivity index (χ2v) is 4.87. The molecule has 0 fully saturated rings. The first kappa shape index (κ1) is 14.1. The minimum atomic E-state index is 0.621. The molecule has 1 aromatic carbocycles. The number of anilines is 4. The summed E-state index contributed by atoms with van der Waals surface area (Å²) in [5, 5.41) is 10.3. The van der Waals surface area contributed by atoms with Gasteiger partial charge in [0.25, 0.3) is 0 Å². The molecule has 0 unspecified atom stereocenters. The van der Waals surface area contributed by atoms with E-state index in [1.54, 1.807) is 0 Å². The van der Waals surface area contributed by atoms with Gasteiger partial charge in [0.2, 0.25) is 0 Å². The van der Waals surface area contributed by atoms with Gasteiger partial charge in [-0.25, -0.2) is 9.97 Å². The summed E-state index contributed by atoms with van der Waals surface area (Å²) in [5.41, 5.74) is 2.29. The molecule has 0 amide bonds. The van der Waals surface area contributed by atoms with Crippen LogP contribution in [0, 0.1) is 6.92 Å². The van der Waals surface area contributed by atoms with Crippen LogP contribution in [0.15, 0.2) is 47.2 Å². The van der Waals surface area contributed by atoms with E-state index >= 15 is 0 Å². The predicted octanol–water partition coefficient (Wildman–Crippen LogP) is 3.82. The molecule has 0 saturated carbocycles. The Kier molecular flexibility index (Phi) is 4.00. The highest BCUT2D eigenvalue weighted by Gasteiger charge is 2.05. The monoisotopic (exact) mass is 295 g/mol. The molecule has 0 aliphatic rings. The highest BCUT2D eigenvalue weighted by Crippen LogP contribution is 2.22. The summed E-state index contributed by atoms with van der Waals surface area (Å²) in [6.07, 6.45) is 2.46. The summed E-state index contributed by atoms with van der Waals surface area (Å²) in [7, 11) is 0. The number of hydrogen-bond donors (Lipinski definition) is 2. The second kappa shape index (κ2) is 6.26. The van der Waals surface area contributed by atoms with Crippen LogP contribution >= 0.6 is 0 Å². The Morgan fingerprint density at radius 1 is 1.00 bits per heavy atom. The van der Waals surface area contributed by atoms with Gasteiger partial charge in [0, 0.05) is 17.8 Å². The van der Waals surface area contributed by atoms with Gasteiger partial charge in [-0.3, -0.25) is 0 Å². The van der Waals surface area contributed by atoms with Gasteiger partial charge in [-0.2, -0.15) is 0 Å². The first-order chi connectivity index (χ1) is 10.7. The molecular formula is C16H17N5O. The minimum absolute atomic E-state index is 0.621. The van der Waals surface area contributed by atoms with Gasteiger partial charge in [-0.1, -0.05) is 30.3 Å². The van der Waals surface area contributed by atoms with E-state index in [4.69, 9.17) is 4.52 Å². The molecule has 0 aliphatic heterocycles. The maximum atomic E-state index is 5.02. The zero-order chi connectivity index (χ0) is 15.4. The predicted molar refractivity (Wildman–Crippen MR) is 85.7 cm³/mol. The summed E-state index contributed by atoms with van der Waals surface area (Å²) in [6.45, 7) is 3.97. The number of hydrogen-bond acceptors (Lipinski definition) is 6. The smallest absolute Gasteiger partial charge is 0.175 e. The maximum absolute atomic E-state index is 5.02. The molecule has 2 heterocycles. The van der Waals surface area contributed by atoms with Gasteiger partial charge in [0.15, 0.2) is 5.82 Å². The summed E-state index contributed by atoms with van der Waals surface area (Å²) >= 11 is 0. The van der Waals surface area contributed by atoms with E-state index in [0.717, 1.165) is 23.7 Å². The minimum Gasteiger partial charge on any atom is -0.360 e. The number of aromatic nitrogens is 3. The molecule has 0 saturated heterocycles. The summed E-state index contributed by atoms with van der Waals surface area (Å²) in [4.78, 5) is 8.44. The Balaban J connectivity index is 1.79. The number of nitrogens with zero attached hydrogens (tertiary/aromatic N) is 3. The van der Waals surface area contributed by atoms with E-state index in [0.29, 0.717) is 11.6 Å². The lowest BCUT2D eigenvalue weighted by Crippen LogP contribution is -2.00. The summed E-state index contributed by atoms with van der Waals surface area (Å²) < 4.78 is 5.02. The molecule has 3 aromatic rings. The van der Waals surface area contributed by atoms with Gasteiger partial charge in [0.05, 0.1) is 0 Å². The quantitative estimate of drug-likeness (QED) is 0.745. The Labute approximate surface area is 128 Å². The van der Waals surface area contributed by atoms with Gasteiger partial charge < -0.3 is 15.2 Å². The standard InChI is InChI=1S/C16H17N5O/c1-3-12-6-4-5-7-13(12)19-14-9-15(18-10-17-14)20-16-8-11(2)22-21-16/h4-10H,3H2,1-2H3,(H2,17,18,19,20,21). The van der Waals surface area contributed by atoms with Gasteiger partial charge in [-0.05, 0) is 25.0 Å². The molecule has 22 heavy (non-hydrogen) atoms. The van der Waals surface area contributed by atoms with Crippen molar-refractivity contribution >= 4 is 23.1 Å². The van der Waals surface area contributed by atoms with Crippen LogP contribution in [0.25, 0.3) is 0 Å². The normalized spacial score (nSPS) is 10.5. The van der Waals surface area contributed by atoms with Crippen LogP contribution in [0.1, 0.15) is 18.2 Å². The molecular weight excluding hydrogens is 278 g/mol. The van der Waals surface area contributed by atoms with Crippen LogP contribution in [0.3, 0.4) is 0 Å². The topological polar surface area (TPSA) is 75.9 Å². The van der Waals surface area contributed by atoms with Crippen molar-refractivity contribution in [1.29, 1.82) is 0 Å². The zero-order valence-electron chi connectivity index (χ0n) is 12.5. The van der Waals surface area contributed by atoms with E-state index in [2.05, 4.69) is 38.7 Å². The SMILES string of the molecule is CCc1ccccc1Nc1cc(Nc2cc(C)on2)ncn1. The van der Waals surface area contributed by atoms with Crippen LogP contribution < -0.4 is 10.6 Å². The van der Waals surface area contributed by atoms with Crippen molar-refractivity contribution in [3.8, 4) is 0 Å². The third kappa shape index (κ3) is 3.22. The maximum Gasteiger partial charge on any atom is 0.175 e. The van der Waals surface area contributed by atoms with Crippen LogP contribution in [0.4, 0.5) is 23.1 Å². The van der Waals surface area contributed by atoms with Crippen molar-refractivity contribution in [2.45, 2.75) is 20.3 Å². The average Bonchev–Trinajstić information content (AvgIpc) is 2.93. The van der Waals surface area contributed by atoms with Crippen molar-refractivity contribution in [2.75, 3.05) is 10.6 Å². The number of nitrogens with one attached hydrogen (secondary N) is 2. The van der Waals surface area contributed by atoms with Crippen molar-refractivity contribution in [3.05, 3.63) is 54.0 Å². The van der Waals surface area contributed by atoms with Crippen molar-refractivity contribution in [3.63, 3.8) is 0 Å². The molecule has 0 atom stereocenters. The fourth-order valence-corrected chi connectivity index (χ4v) is 2.14. The number of para-hydroxylation sites is 1. The van der Waals surface area contributed by atoms with Crippen LogP contribution in [0.5, 0.6) is 0 Å². The average molecular weight is 295 g/mol. The fraction of sp³-hybridized carbons (Fsp3) is 0.188. The third-order valence-corrected chi connectivity index (χ3v) is 3.21. The highest BCUT2D eigenvalue weighted by molar-refractivity contribution is 5.63. The van der Waals surface area contributed by atoms with Crippen molar-refractivity contribution in [2.24, 2.45) is 0 Å². The molecule has 112 valence electrons. The Hall–Kier alpha value is -2.89. The van der Waals surface area contributed by atoms with E-state index < -0.39 is 0 Å². The third-order valence-electron chi connectivity index (χ3n) is 3.21. The Bertz CT molecular complexity index is 768. The molecule has 6 heteroatoms. The second-order valence-electron chi connectivity index (χ2n) is 4.87. The van der Waals surface area contributed by atoms with Crippen LogP contribution in [-0.2, 0) is 6.42 Å². The van der Waals surface area contributed by atoms with Crippen molar-refractivity contribution in [1.82, 2.24) is 15.1 Å². The lowest BCUT2D eigenvalue weighted by atomic mass is 10.1. The number of rotatable bonds is 5. The number of benzene rings is 1. The lowest BCUT2D eigenvalue weighted by molar-refractivity contribution is 0.400. The summed E-state index contributed by atoms with van der Waals surface area (Å²) in [5.74, 6) is 2.74. The van der Waals surface area contributed by atoms with E-state index in [1.807, 2.05) is 37.3 Å². The molecule has 0 radical (unpaired) electrons. The summed E-state index contributed by atoms with van der Waals surface area (Å²) in [6, 6.07) is 11.8. The Morgan fingerprint density at radius 3 is 2.50 bits per heavy atom. The molecule has 3 rings (SSSR count). The molecule has 0 bridgehead atoms. The van der Waals surface area contributed by atoms with Gasteiger partial charge in [-0.15, -0.1) is 0 Å². The van der Waals surface area contributed by atoms with Crippen LogP contribution in [-0.4, -0.2) is 15.1 Å². The van der Waals surface area contributed by atoms with Gasteiger partial charge >= 0.3 is 0 Å². The first-order valence-corrected chi connectivity index (χ1v) is 7.12. The molecule has 2 N–H and O–H groups in total. The highest BCUT2D eigenvalue weighted by atomic mass is 16.5. The van der Waals surface area contributed by atoms with Gasteiger partial charge in [0.1, 0.15) is 23.7 Å². The Morgan fingerprint density at radius 2 is 1.77 bits per heavy atom. The lowest BCUT2D eigenvalue weighted by Gasteiger charge is -2.10. The fourth-order valence-electron chi connectivity index (χ4n) is 2.14. The van der Waals surface area contributed by atoms with E-state index in [1.165, 1.54) is 11.9 Å². The van der Waals surface area contributed by atoms with Crippen molar-refractivity contribution < 1.29 is 4.52 Å². The first-order valence-electron chi connectivity index (χ1n) is 7.12. The molecule has 2 aromatic heterocycles. The number of aryl methyl sites for hydroxylation is 2. The molecule has 0 spiro atoms. The zero-order valence-corrected chi connectivity index (χ0v) is 12.5. The largest absolute Gasteiger partial charge is 0.360 e. The van der Waals surface area contributed by atoms with Crippen LogP contribution in [0.2, 0.25) is 0 Å². The molecule has 0 aliphatic carbocycles. The van der Waals surface area contributed by atoms with E-state index in [-0.39, 0.29) is 0 Å². The molecule has 6 nitrogen and oxygen atoms in total. The van der Waals surface area contributed by atoms with E-state index in [9.17, 15) is 0 Å².